The fourth-order valence-corrected chi connectivity index (χ4v) is 2.24. The fraction of sp³-hybridized carbons (Fsp3) is 0.214. The minimum atomic E-state index is -0.422. The Morgan fingerprint density at radius 1 is 1.45 bits per heavy atom. The van der Waals surface area contributed by atoms with E-state index in [4.69, 9.17) is 21.9 Å². The van der Waals surface area contributed by atoms with Crippen LogP contribution in [0.25, 0.3) is 22.8 Å². The maximum atomic E-state index is 13.1. The minimum absolute atomic E-state index is 0.0102. The lowest BCUT2D eigenvalue weighted by Gasteiger charge is -2.03. The highest BCUT2D eigenvalue weighted by molar-refractivity contribution is 6.33. The van der Waals surface area contributed by atoms with Gasteiger partial charge in [-0.3, -0.25) is 4.68 Å². The van der Waals surface area contributed by atoms with Crippen LogP contribution >= 0.6 is 11.6 Å². The first kappa shape index (κ1) is 14.7. The lowest BCUT2D eigenvalue weighted by molar-refractivity contribution is 0.432. The van der Waals surface area contributed by atoms with E-state index in [1.54, 1.807) is 17.1 Å². The van der Waals surface area contributed by atoms with Gasteiger partial charge in [0.05, 0.1) is 23.3 Å². The standard InChI is InChI=1S/C14H13ClFN5O/c1-8(17)6-21-7-9(5-18-21)14-19-13(20-22-14)11-3-2-10(16)4-12(11)15/h2-5,7-8H,6,17H2,1H3. The molecular weight excluding hydrogens is 309 g/mol. The molecule has 0 bridgehead atoms. The van der Waals surface area contributed by atoms with Gasteiger partial charge < -0.3 is 10.3 Å². The number of hydrogen-bond donors (Lipinski definition) is 1. The maximum Gasteiger partial charge on any atom is 0.261 e. The Kier molecular flexibility index (Phi) is 3.91. The third-order valence-electron chi connectivity index (χ3n) is 2.95. The molecule has 2 heterocycles. The molecule has 0 saturated heterocycles. The molecule has 0 saturated carbocycles. The molecule has 0 fully saturated rings. The molecule has 0 aliphatic heterocycles. The molecule has 3 rings (SSSR count). The van der Waals surface area contributed by atoms with Crippen LogP contribution in [0, 0.1) is 5.82 Å². The highest BCUT2D eigenvalue weighted by Crippen LogP contribution is 2.28. The first-order chi connectivity index (χ1) is 10.5. The highest BCUT2D eigenvalue weighted by Gasteiger charge is 2.15. The van der Waals surface area contributed by atoms with Crippen LogP contribution in [0.4, 0.5) is 4.39 Å². The summed E-state index contributed by atoms with van der Waals surface area (Å²) in [5.74, 6) is 0.181. The number of rotatable bonds is 4. The molecule has 2 N–H and O–H groups in total. The van der Waals surface area contributed by atoms with Crippen molar-refractivity contribution in [3.8, 4) is 22.8 Å². The van der Waals surface area contributed by atoms with E-state index < -0.39 is 5.82 Å². The van der Waals surface area contributed by atoms with Gasteiger partial charge >= 0.3 is 0 Å². The smallest absolute Gasteiger partial charge is 0.261 e. The minimum Gasteiger partial charge on any atom is -0.333 e. The van der Waals surface area contributed by atoms with Gasteiger partial charge in [0.2, 0.25) is 5.82 Å². The second-order valence-electron chi connectivity index (χ2n) is 4.98. The number of aromatic nitrogens is 4. The van der Waals surface area contributed by atoms with Gasteiger partial charge in [-0.2, -0.15) is 10.1 Å². The Morgan fingerprint density at radius 3 is 3.00 bits per heavy atom. The third-order valence-corrected chi connectivity index (χ3v) is 3.27. The van der Waals surface area contributed by atoms with Crippen molar-refractivity contribution in [1.82, 2.24) is 19.9 Å². The normalized spacial score (nSPS) is 12.5. The molecule has 6 nitrogen and oxygen atoms in total. The fourth-order valence-electron chi connectivity index (χ4n) is 1.99. The Bertz CT molecular complexity index is 798. The second kappa shape index (κ2) is 5.86. The molecule has 22 heavy (non-hydrogen) atoms. The summed E-state index contributed by atoms with van der Waals surface area (Å²) in [6.45, 7) is 2.48. The average molecular weight is 322 g/mol. The van der Waals surface area contributed by atoms with E-state index in [0.717, 1.165) is 0 Å². The van der Waals surface area contributed by atoms with Crippen molar-refractivity contribution in [2.24, 2.45) is 5.73 Å². The van der Waals surface area contributed by atoms with Crippen LogP contribution in [0.3, 0.4) is 0 Å². The van der Waals surface area contributed by atoms with Crippen LogP contribution < -0.4 is 5.73 Å². The van der Waals surface area contributed by atoms with Crippen molar-refractivity contribution in [3.05, 3.63) is 41.4 Å². The van der Waals surface area contributed by atoms with Crippen molar-refractivity contribution in [2.45, 2.75) is 19.5 Å². The van der Waals surface area contributed by atoms with Gasteiger partial charge in [-0.1, -0.05) is 16.8 Å². The van der Waals surface area contributed by atoms with Gasteiger partial charge in [-0.05, 0) is 25.1 Å². The average Bonchev–Trinajstić information content (AvgIpc) is 3.06. The molecule has 3 aromatic rings. The summed E-state index contributed by atoms with van der Waals surface area (Å²) in [6.07, 6.45) is 3.39. The van der Waals surface area contributed by atoms with E-state index in [-0.39, 0.29) is 11.1 Å². The van der Waals surface area contributed by atoms with Crippen molar-refractivity contribution in [3.63, 3.8) is 0 Å². The van der Waals surface area contributed by atoms with Crippen molar-refractivity contribution in [1.29, 1.82) is 0 Å². The summed E-state index contributed by atoms with van der Waals surface area (Å²) >= 11 is 5.99. The van der Waals surface area contributed by atoms with E-state index in [1.165, 1.54) is 18.2 Å². The summed E-state index contributed by atoms with van der Waals surface area (Å²) in [7, 11) is 0. The van der Waals surface area contributed by atoms with Crippen LogP contribution in [-0.2, 0) is 6.54 Å². The number of hydrogen-bond acceptors (Lipinski definition) is 5. The predicted octanol–water partition coefficient (Wildman–Crippen LogP) is 2.74. The van der Waals surface area contributed by atoms with Crippen LogP contribution in [0.15, 0.2) is 35.1 Å². The van der Waals surface area contributed by atoms with E-state index in [1.807, 2.05) is 6.92 Å². The lowest BCUT2D eigenvalue weighted by Crippen LogP contribution is -2.22. The number of benzene rings is 1. The maximum absolute atomic E-state index is 13.1. The monoisotopic (exact) mass is 321 g/mol. The zero-order valence-electron chi connectivity index (χ0n) is 11.7. The number of halogens is 2. The van der Waals surface area contributed by atoms with Crippen molar-refractivity contribution < 1.29 is 8.91 Å². The first-order valence-electron chi connectivity index (χ1n) is 6.60. The number of nitrogens with zero attached hydrogens (tertiary/aromatic N) is 4. The SMILES string of the molecule is CC(N)Cn1cc(-c2nc(-c3ccc(F)cc3Cl)no2)cn1. The summed E-state index contributed by atoms with van der Waals surface area (Å²) in [6, 6.07) is 3.99. The Morgan fingerprint density at radius 2 is 2.27 bits per heavy atom. The molecular formula is C14H13ClFN5O. The van der Waals surface area contributed by atoms with Gasteiger partial charge in [0.1, 0.15) is 5.82 Å². The molecule has 114 valence electrons. The zero-order chi connectivity index (χ0) is 15.7. The van der Waals surface area contributed by atoms with Crippen LogP contribution in [-0.4, -0.2) is 26.0 Å². The van der Waals surface area contributed by atoms with Gasteiger partial charge in [0, 0.05) is 17.8 Å². The largest absolute Gasteiger partial charge is 0.333 e. The Balaban J connectivity index is 1.88. The molecule has 0 radical (unpaired) electrons. The molecule has 0 spiro atoms. The molecule has 0 aliphatic carbocycles. The summed E-state index contributed by atoms with van der Waals surface area (Å²) < 4.78 is 20.0. The quantitative estimate of drug-likeness (QED) is 0.799. The lowest BCUT2D eigenvalue weighted by atomic mass is 10.2. The second-order valence-corrected chi connectivity index (χ2v) is 5.38. The summed E-state index contributed by atoms with van der Waals surface area (Å²) in [5.41, 5.74) is 6.90. The van der Waals surface area contributed by atoms with Crippen molar-refractivity contribution >= 4 is 11.6 Å². The van der Waals surface area contributed by atoms with Gasteiger partial charge in [-0.15, -0.1) is 0 Å². The van der Waals surface area contributed by atoms with E-state index in [9.17, 15) is 4.39 Å². The Labute approximate surface area is 130 Å². The van der Waals surface area contributed by atoms with Crippen LogP contribution in [0.1, 0.15) is 6.92 Å². The summed E-state index contributed by atoms with van der Waals surface area (Å²) in [5, 5.41) is 8.27. The molecule has 2 aromatic heterocycles. The van der Waals surface area contributed by atoms with Gasteiger partial charge in [0.25, 0.3) is 5.89 Å². The zero-order valence-corrected chi connectivity index (χ0v) is 12.5. The molecule has 1 unspecified atom stereocenters. The van der Waals surface area contributed by atoms with Gasteiger partial charge in [-0.25, -0.2) is 4.39 Å². The van der Waals surface area contributed by atoms with E-state index in [2.05, 4.69) is 15.2 Å². The topological polar surface area (TPSA) is 82.8 Å². The molecule has 1 aromatic carbocycles. The van der Waals surface area contributed by atoms with Crippen LogP contribution in [0.2, 0.25) is 5.02 Å². The molecule has 8 heteroatoms. The van der Waals surface area contributed by atoms with E-state index in [0.29, 0.717) is 29.4 Å². The van der Waals surface area contributed by atoms with Crippen LogP contribution in [0.5, 0.6) is 0 Å². The van der Waals surface area contributed by atoms with Crippen molar-refractivity contribution in [2.75, 3.05) is 0 Å². The Hall–Kier alpha value is -2.25. The molecule has 0 aliphatic rings. The molecule has 0 amide bonds. The number of nitrogens with two attached hydrogens (primary N) is 1. The molecule has 1 atom stereocenters. The third kappa shape index (κ3) is 3.00. The first-order valence-corrected chi connectivity index (χ1v) is 6.98. The van der Waals surface area contributed by atoms with Gasteiger partial charge in [0.15, 0.2) is 0 Å². The highest BCUT2D eigenvalue weighted by atomic mass is 35.5. The summed E-state index contributed by atoms with van der Waals surface area (Å²) in [4.78, 5) is 4.26. The van der Waals surface area contributed by atoms with E-state index >= 15 is 0 Å². The predicted molar refractivity (Wildman–Crippen MR) is 79.6 cm³/mol.